The second kappa shape index (κ2) is 7.13. The minimum Gasteiger partial charge on any atom is -0.454 e. The van der Waals surface area contributed by atoms with Gasteiger partial charge in [-0.05, 0) is 25.0 Å². The number of hydrogen-bond acceptors (Lipinski definition) is 7. The van der Waals surface area contributed by atoms with E-state index in [-0.39, 0.29) is 6.79 Å². The molecule has 0 radical (unpaired) electrons. The maximum atomic E-state index is 5.38. The number of rotatable bonds is 7. The average Bonchev–Trinajstić information content (AvgIpc) is 3.03. The van der Waals surface area contributed by atoms with Gasteiger partial charge in [-0.2, -0.15) is 10.1 Å². The van der Waals surface area contributed by atoms with Crippen molar-refractivity contribution in [3.8, 4) is 11.5 Å². The molecule has 0 saturated heterocycles. The molecule has 0 atom stereocenters. The lowest BCUT2D eigenvalue weighted by atomic mass is 10.3. The molecule has 2 aromatic rings. The third-order valence-corrected chi connectivity index (χ3v) is 3.49. The van der Waals surface area contributed by atoms with Crippen molar-refractivity contribution < 1.29 is 9.47 Å². The third kappa shape index (κ3) is 3.61. The molecule has 7 nitrogen and oxygen atoms in total. The van der Waals surface area contributed by atoms with E-state index in [4.69, 9.17) is 9.47 Å². The van der Waals surface area contributed by atoms with E-state index in [0.717, 1.165) is 48.9 Å². The van der Waals surface area contributed by atoms with E-state index < -0.39 is 0 Å². The molecule has 23 heavy (non-hydrogen) atoms. The van der Waals surface area contributed by atoms with Crippen LogP contribution < -0.4 is 19.7 Å². The number of aromatic nitrogens is 3. The number of benzene rings is 1. The first-order valence-corrected chi connectivity index (χ1v) is 7.91. The Kier molecular flexibility index (Phi) is 4.75. The summed E-state index contributed by atoms with van der Waals surface area (Å²) in [5.74, 6) is 2.78. The molecule has 0 amide bonds. The van der Waals surface area contributed by atoms with Gasteiger partial charge in [-0.25, -0.2) is 0 Å². The van der Waals surface area contributed by atoms with Crippen molar-refractivity contribution in [3.63, 3.8) is 0 Å². The van der Waals surface area contributed by atoms with Gasteiger partial charge in [0.1, 0.15) is 0 Å². The Bertz CT molecular complexity index is 659. The van der Waals surface area contributed by atoms with Crippen molar-refractivity contribution in [1.82, 2.24) is 15.2 Å². The van der Waals surface area contributed by atoms with Crippen molar-refractivity contribution in [3.05, 3.63) is 24.4 Å². The third-order valence-electron chi connectivity index (χ3n) is 3.49. The highest BCUT2D eigenvalue weighted by Crippen LogP contribution is 2.34. The van der Waals surface area contributed by atoms with Gasteiger partial charge < -0.3 is 19.7 Å². The molecule has 1 aliphatic heterocycles. The van der Waals surface area contributed by atoms with Crippen LogP contribution in [0.5, 0.6) is 11.5 Å². The minimum atomic E-state index is 0.259. The molecular formula is C16H21N5O2. The molecule has 0 saturated carbocycles. The Morgan fingerprint density at radius 1 is 1.13 bits per heavy atom. The fraction of sp³-hybridized carbons (Fsp3) is 0.438. The van der Waals surface area contributed by atoms with Gasteiger partial charge in [-0.1, -0.05) is 13.8 Å². The van der Waals surface area contributed by atoms with Gasteiger partial charge in [0.15, 0.2) is 17.3 Å². The van der Waals surface area contributed by atoms with Crippen LogP contribution in [0.2, 0.25) is 0 Å². The summed E-state index contributed by atoms with van der Waals surface area (Å²) in [6.45, 7) is 6.48. The van der Waals surface area contributed by atoms with Crippen molar-refractivity contribution in [1.29, 1.82) is 0 Å². The average molecular weight is 315 g/mol. The molecule has 0 spiro atoms. The van der Waals surface area contributed by atoms with Crippen LogP contribution in [-0.4, -0.2) is 35.1 Å². The van der Waals surface area contributed by atoms with Crippen LogP contribution >= 0.6 is 0 Å². The summed E-state index contributed by atoms with van der Waals surface area (Å²) in [4.78, 5) is 6.79. The summed E-state index contributed by atoms with van der Waals surface area (Å²) < 4.78 is 10.7. The van der Waals surface area contributed by atoms with Crippen LogP contribution in [0.4, 0.5) is 17.5 Å². The standard InChI is InChI=1S/C16H21N5O2/c1-3-7-21(8-4-2)15-10-17-20-16(19-15)18-12-5-6-13-14(9-12)23-11-22-13/h5-6,9-10H,3-4,7-8,11H2,1-2H3,(H,18,19,20). The van der Waals surface area contributed by atoms with Crippen LogP contribution in [0.1, 0.15) is 26.7 Å². The van der Waals surface area contributed by atoms with E-state index in [1.165, 1.54) is 0 Å². The van der Waals surface area contributed by atoms with Crippen LogP contribution in [0.3, 0.4) is 0 Å². The molecular weight excluding hydrogens is 294 g/mol. The second-order valence-electron chi connectivity index (χ2n) is 5.32. The normalized spacial score (nSPS) is 12.3. The van der Waals surface area contributed by atoms with Gasteiger partial charge in [-0.3, -0.25) is 0 Å². The maximum Gasteiger partial charge on any atom is 0.249 e. The van der Waals surface area contributed by atoms with Crippen LogP contribution in [0.15, 0.2) is 24.4 Å². The lowest BCUT2D eigenvalue weighted by molar-refractivity contribution is 0.174. The molecule has 1 aliphatic rings. The quantitative estimate of drug-likeness (QED) is 0.842. The van der Waals surface area contributed by atoms with Gasteiger partial charge >= 0.3 is 0 Å². The zero-order valence-corrected chi connectivity index (χ0v) is 13.5. The molecule has 3 rings (SSSR count). The first-order chi connectivity index (χ1) is 11.3. The highest BCUT2D eigenvalue weighted by molar-refractivity contribution is 5.60. The molecule has 7 heteroatoms. The Morgan fingerprint density at radius 2 is 1.91 bits per heavy atom. The smallest absolute Gasteiger partial charge is 0.249 e. The van der Waals surface area contributed by atoms with Crippen LogP contribution in [-0.2, 0) is 0 Å². The van der Waals surface area contributed by atoms with Gasteiger partial charge in [0.2, 0.25) is 12.7 Å². The fourth-order valence-electron chi connectivity index (χ4n) is 2.48. The predicted octanol–water partition coefficient (Wildman–Crippen LogP) is 2.97. The number of anilines is 3. The first-order valence-electron chi connectivity index (χ1n) is 7.91. The Labute approximate surface area is 135 Å². The number of fused-ring (bicyclic) bond motifs is 1. The number of nitrogens with zero attached hydrogens (tertiary/aromatic N) is 4. The summed E-state index contributed by atoms with van der Waals surface area (Å²) >= 11 is 0. The van der Waals surface area contributed by atoms with Crippen LogP contribution in [0, 0.1) is 0 Å². The molecule has 0 bridgehead atoms. The lowest BCUT2D eigenvalue weighted by Gasteiger charge is -2.22. The monoisotopic (exact) mass is 315 g/mol. The van der Waals surface area contributed by atoms with Gasteiger partial charge in [0.25, 0.3) is 0 Å². The lowest BCUT2D eigenvalue weighted by Crippen LogP contribution is -2.26. The van der Waals surface area contributed by atoms with E-state index in [1.807, 2.05) is 18.2 Å². The van der Waals surface area contributed by atoms with E-state index >= 15 is 0 Å². The van der Waals surface area contributed by atoms with E-state index in [9.17, 15) is 0 Å². The zero-order valence-electron chi connectivity index (χ0n) is 13.5. The first kappa shape index (κ1) is 15.3. The van der Waals surface area contributed by atoms with E-state index in [1.54, 1.807) is 6.20 Å². The van der Waals surface area contributed by atoms with Gasteiger partial charge in [-0.15, -0.1) is 5.10 Å². The Hall–Kier alpha value is -2.57. The van der Waals surface area contributed by atoms with Crippen molar-refractivity contribution in [2.75, 3.05) is 30.1 Å². The number of nitrogens with one attached hydrogen (secondary N) is 1. The van der Waals surface area contributed by atoms with Gasteiger partial charge in [0, 0.05) is 24.8 Å². The number of ether oxygens (including phenoxy) is 2. The summed E-state index contributed by atoms with van der Waals surface area (Å²) in [5.41, 5.74) is 0.839. The van der Waals surface area contributed by atoms with E-state index in [0.29, 0.717) is 5.95 Å². The molecule has 0 unspecified atom stereocenters. The minimum absolute atomic E-state index is 0.259. The van der Waals surface area contributed by atoms with Crippen molar-refractivity contribution >= 4 is 17.5 Å². The molecule has 1 aromatic carbocycles. The highest BCUT2D eigenvalue weighted by Gasteiger charge is 2.14. The molecule has 2 heterocycles. The summed E-state index contributed by atoms with van der Waals surface area (Å²) in [7, 11) is 0. The topological polar surface area (TPSA) is 72.4 Å². The SMILES string of the molecule is CCCN(CCC)c1cnnc(Nc2ccc3c(c2)OCO3)n1. The van der Waals surface area contributed by atoms with Gasteiger partial charge in [0.05, 0.1) is 6.20 Å². The van der Waals surface area contributed by atoms with Crippen molar-refractivity contribution in [2.24, 2.45) is 0 Å². The molecule has 122 valence electrons. The zero-order chi connectivity index (χ0) is 16.1. The summed E-state index contributed by atoms with van der Waals surface area (Å²) in [6, 6.07) is 5.63. The predicted molar refractivity (Wildman–Crippen MR) is 88.5 cm³/mol. The molecule has 0 fully saturated rings. The number of hydrogen-bond donors (Lipinski definition) is 1. The molecule has 0 aliphatic carbocycles. The Morgan fingerprint density at radius 3 is 2.70 bits per heavy atom. The fourth-order valence-corrected chi connectivity index (χ4v) is 2.48. The second-order valence-corrected chi connectivity index (χ2v) is 5.32. The van der Waals surface area contributed by atoms with Crippen molar-refractivity contribution in [2.45, 2.75) is 26.7 Å². The summed E-state index contributed by atoms with van der Waals surface area (Å²) in [5, 5.41) is 11.3. The maximum absolute atomic E-state index is 5.38. The largest absolute Gasteiger partial charge is 0.454 e. The Balaban J connectivity index is 1.76. The summed E-state index contributed by atoms with van der Waals surface area (Å²) in [6.07, 6.45) is 3.83. The highest BCUT2D eigenvalue weighted by atomic mass is 16.7. The molecule has 1 N–H and O–H groups in total. The molecule has 1 aromatic heterocycles. The van der Waals surface area contributed by atoms with E-state index in [2.05, 4.69) is 39.2 Å². The van der Waals surface area contributed by atoms with Crippen LogP contribution in [0.25, 0.3) is 0 Å².